The highest BCUT2D eigenvalue weighted by Crippen LogP contribution is 2.29. The van der Waals surface area contributed by atoms with Gasteiger partial charge in [-0.3, -0.25) is 14.7 Å². The van der Waals surface area contributed by atoms with E-state index in [2.05, 4.69) is 27.8 Å². The van der Waals surface area contributed by atoms with Crippen LogP contribution in [0.25, 0.3) is 0 Å². The highest BCUT2D eigenvalue weighted by Gasteiger charge is 2.25. The lowest BCUT2D eigenvalue weighted by atomic mass is 10.0. The zero-order valence-electron chi connectivity index (χ0n) is 17.5. The van der Waals surface area contributed by atoms with Gasteiger partial charge in [0, 0.05) is 37.8 Å². The number of hydrogen-bond donors (Lipinski definition) is 1. The summed E-state index contributed by atoms with van der Waals surface area (Å²) in [4.78, 5) is 25.2. The van der Waals surface area contributed by atoms with Crippen molar-refractivity contribution in [3.63, 3.8) is 0 Å². The second-order valence-corrected chi connectivity index (χ2v) is 8.00. The molecule has 1 saturated heterocycles. The molecule has 1 aromatic heterocycles. The molecule has 2 aliphatic heterocycles. The number of nitrogens with zero attached hydrogens (tertiary/aromatic N) is 3. The van der Waals surface area contributed by atoms with E-state index >= 15 is 0 Å². The van der Waals surface area contributed by atoms with Gasteiger partial charge in [0.2, 0.25) is 5.95 Å². The standard InChI is InChI=1S/C22H30N4O3/c1-15-6-4-5-10-26(15)22-23-18-14-25(11-9-17(18)21(27)24-22)13-16-7-8-19(28-2)20(12-16)29-3/h7-8,12,15H,4-6,9-11,13-14H2,1-3H3,(H,23,24,27)/t15-/m0/s1. The Labute approximate surface area is 171 Å². The van der Waals surface area contributed by atoms with Crippen molar-refractivity contribution in [2.45, 2.75) is 51.7 Å². The van der Waals surface area contributed by atoms with Crippen molar-refractivity contribution in [3.8, 4) is 11.5 Å². The molecule has 1 atom stereocenters. The summed E-state index contributed by atoms with van der Waals surface area (Å²) in [7, 11) is 3.29. The summed E-state index contributed by atoms with van der Waals surface area (Å²) in [6.07, 6.45) is 4.26. The van der Waals surface area contributed by atoms with Crippen molar-refractivity contribution in [2.24, 2.45) is 0 Å². The van der Waals surface area contributed by atoms with Gasteiger partial charge in [-0.2, -0.15) is 0 Å². The number of H-pyrrole nitrogens is 1. The second-order valence-electron chi connectivity index (χ2n) is 8.00. The SMILES string of the molecule is COc1ccc(CN2CCc3c(nc(N4CCCC[C@@H]4C)[nH]c3=O)C2)cc1OC. The third-order valence-electron chi connectivity index (χ3n) is 6.07. The number of ether oxygens (including phenoxy) is 2. The molecular formula is C22H30N4O3. The van der Waals surface area contributed by atoms with Gasteiger partial charge in [-0.1, -0.05) is 6.07 Å². The van der Waals surface area contributed by atoms with Crippen LogP contribution in [0.3, 0.4) is 0 Å². The number of anilines is 1. The fourth-order valence-electron chi connectivity index (χ4n) is 4.40. The van der Waals surface area contributed by atoms with E-state index in [1.807, 2.05) is 12.1 Å². The van der Waals surface area contributed by atoms with E-state index in [1.54, 1.807) is 14.2 Å². The van der Waals surface area contributed by atoms with Gasteiger partial charge in [-0.25, -0.2) is 4.98 Å². The van der Waals surface area contributed by atoms with E-state index < -0.39 is 0 Å². The van der Waals surface area contributed by atoms with E-state index in [-0.39, 0.29) is 5.56 Å². The predicted molar refractivity (Wildman–Crippen MR) is 113 cm³/mol. The van der Waals surface area contributed by atoms with Crippen LogP contribution in [0.1, 0.15) is 43.0 Å². The first kappa shape index (κ1) is 19.8. The van der Waals surface area contributed by atoms with Crippen LogP contribution in [0.5, 0.6) is 11.5 Å². The number of hydrogen-bond acceptors (Lipinski definition) is 6. The second kappa shape index (κ2) is 8.45. The fraction of sp³-hybridized carbons (Fsp3) is 0.545. The number of piperidine rings is 1. The Hall–Kier alpha value is -2.54. The monoisotopic (exact) mass is 398 g/mol. The summed E-state index contributed by atoms with van der Waals surface area (Å²) < 4.78 is 10.8. The van der Waals surface area contributed by atoms with Gasteiger partial charge >= 0.3 is 0 Å². The topological polar surface area (TPSA) is 70.7 Å². The molecule has 29 heavy (non-hydrogen) atoms. The van der Waals surface area contributed by atoms with E-state index in [0.717, 1.165) is 73.2 Å². The first-order valence-corrected chi connectivity index (χ1v) is 10.4. The molecule has 0 bridgehead atoms. The van der Waals surface area contributed by atoms with E-state index in [1.165, 1.54) is 6.42 Å². The lowest BCUT2D eigenvalue weighted by Crippen LogP contribution is -2.41. The average molecular weight is 399 g/mol. The summed E-state index contributed by atoms with van der Waals surface area (Å²) in [6.45, 7) is 5.47. The van der Waals surface area contributed by atoms with Gasteiger partial charge in [0.1, 0.15) is 0 Å². The fourth-order valence-corrected chi connectivity index (χ4v) is 4.40. The van der Waals surface area contributed by atoms with Crippen molar-refractivity contribution < 1.29 is 9.47 Å². The maximum atomic E-state index is 12.7. The van der Waals surface area contributed by atoms with Crippen molar-refractivity contribution in [1.29, 1.82) is 0 Å². The molecular weight excluding hydrogens is 368 g/mol. The Bertz CT molecular complexity index is 927. The summed E-state index contributed by atoms with van der Waals surface area (Å²) in [5, 5.41) is 0. The zero-order chi connectivity index (χ0) is 20.4. The van der Waals surface area contributed by atoms with Crippen LogP contribution in [-0.2, 0) is 19.5 Å². The predicted octanol–water partition coefficient (Wildman–Crippen LogP) is 2.72. The lowest BCUT2D eigenvalue weighted by molar-refractivity contribution is 0.240. The first-order chi connectivity index (χ1) is 14.1. The number of nitrogens with one attached hydrogen (secondary N) is 1. The molecule has 0 amide bonds. The first-order valence-electron chi connectivity index (χ1n) is 10.4. The molecule has 0 saturated carbocycles. The van der Waals surface area contributed by atoms with Crippen LogP contribution in [0.15, 0.2) is 23.0 Å². The molecule has 0 aliphatic carbocycles. The summed E-state index contributed by atoms with van der Waals surface area (Å²) >= 11 is 0. The van der Waals surface area contributed by atoms with Gasteiger partial charge in [0.05, 0.1) is 19.9 Å². The highest BCUT2D eigenvalue weighted by molar-refractivity contribution is 5.43. The van der Waals surface area contributed by atoms with Crippen LogP contribution in [-0.4, -0.2) is 48.2 Å². The summed E-state index contributed by atoms with van der Waals surface area (Å²) in [6, 6.07) is 6.42. The number of rotatable bonds is 5. The van der Waals surface area contributed by atoms with Crippen LogP contribution in [0, 0.1) is 0 Å². The Morgan fingerprint density at radius 1 is 1.17 bits per heavy atom. The molecule has 7 heteroatoms. The van der Waals surface area contributed by atoms with Crippen LogP contribution in [0.4, 0.5) is 5.95 Å². The Morgan fingerprint density at radius 3 is 2.76 bits per heavy atom. The third-order valence-corrected chi connectivity index (χ3v) is 6.07. The van der Waals surface area contributed by atoms with Crippen molar-refractivity contribution in [3.05, 3.63) is 45.4 Å². The lowest BCUT2D eigenvalue weighted by Gasteiger charge is -2.35. The van der Waals surface area contributed by atoms with Crippen LogP contribution < -0.4 is 19.9 Å². The molecule has 1 fully saturated rings. The molecule has 156 valence electrons. The van der Waals surface area contributed by atoms with Crippen LogP contribution >= 0.6 is 0 Å². The number of benzene rings is 1. The Balaban J connectivity index is 1.54. The van der Waals surface area contributed by atoms with Gasteiger partial charge in [0.25, 0.3) is 5.56 Å². The number of methoxy groups -OCH3 is 2. The van der Waals surface area contributed by atoms with E-state index in [4.69, 9.17) is 14.5 Å². The Morgan fingerprint density at radius 2 is 2.00 bits per heavy atom. The number of aromatic amines is 1. The normalized spacial score (nSPS) is 19.7. The maximum absolute atomic E-state index is 12.7. The van der Waals surface area contributed by atoms with Gasteiger partial charge in [-0.05, 0) is 50.3 Å². The molecule has 1 N–H and O–H groups in total. The third kappa shape index (κ3) is 4.10. The summed E-state index contributed by atoms with van der Waals surface area (Å²) in [5.74, 6) is 2.20. The molecule has 1 aromatic carbocycles. The Kier molecular flexibility index (Phi) is 5.76. The molecule has 0 radical (unpaired) electrons. The minimum absolute atomic E-state index is 0.0218. The van der Waals surface area contributed by atoms with Crippen molar-refractivity contribution >= 4 is 5.95 Å². The van der Waals surface area contributed by atoms with E-state index in [0.29, 0.717) is 12.6 Å². The molecule has 3 heterocycles. The van der Waals surface area contributed by atoms with Crippen molar-refractivity contribution in [1.82, 2.24) is 14.9 Å². The van der Waals surface area contributed by atoms with Gasteiger partial charge < -0.3 is 14.4 Å². The average Bonchev–Trinajstić information content (AvgIpc) is 2.73. The maximum Gasteiger partial charge on any atom is 0.255 e. The molecule has 2 aromatic rings. The number of fused-ring (bicyclic) bond motifs is 1. The molecule has 0 unspecified atom stereocenters. The quantitative estimate of drug-likeness (QED) is 0.835. The molecule has 4 rings (SSSR count). The number of aromatic nitrogens is 2. The highest BCUT2D eigenvalue weighted by atomic mass is 16.5. The molecule has 7 nitrogen and oxygen atoms in total. The minimum atomic E-state index is 0.0218. The van der Waals surface area contributed by atoms with Crippen molar-refractivity contribution in [2.75, 3.05) is 32.2 Å². The zero-order valence-corrected chi connectivity index (χ0v) is 17.5. The van der Waals surface area contributed by atoms with Gasteiger partial charge in [0.15, 0.2) is 11.5 Å². The van der Waals surface area contributed by atoms with Gasteiger partial charge in [-0.15, -0.1) is 0 Å². The molecule has 2 aliphatic rings. The van der Waals surface area contributed by atoms with E-state index in [9.17, 15) is 4.79 Å². The largest absolute Gasteiger partial charge is 0.493 e. The smallest absolute Gasteiger partial charge is 0.255 e. The minimum Gasteiger partial charge on any atom is -0.493 e. The van der Waals surface area contributed by atoms with Crippen LogP contribution in [0.2, 0.25) is 0 Å². The summed E-state index contributed by atoms with van der Waals surface area (Å²) in [5.41, 5.74) is 2.92. The molecule has 0 spiro atoms.